The monoisotopic (exact) mass is 289 g/mol. The lowest BCUT2D eigenvalue weighted by atomic mass is 9.94. The fraction of sp³-hybridized carbons (Fsp3) is 0.529. The molecule has 4 heteroatoms. The van der Waals surface area contributed by atoms with Crippen LogP contribution in [-0.4, -0.2) is 36.3 Å². The maximum Gasteiger partial charge on any atom is 0.260 e. The number of likely N-dealkylation sites (N-methyl/N-ethyl adjacent to an activating group) is 1. The van der Waals surface area contributed by atoms with Gasteiger partial charge in [-0.2, -0.15) is 0 Å². The number of nitrogens with zero attached hydrogens (tertiary/aromatic N) is 1. The van der Waals surface area contributed by atoms with Crippen molar-refractivity contribution in [2.24, 2.45) is 0 Å². The Hall–Kier alpha value is -1.84. The number of benzene rings is 1. The Labute approximate surface area is 126 Å². The van der Waals surface area contributed by atoms with Crippen LogP contribution in [0.5, 0.6) is 5.75 Å². The van der Waals surface area contributed by atoms with Crippen LogP contribution in [0.2, 0.25) is 0 Å². The highest BCUT2D eigenvalue weighted by molar-refractivity contribution is 5.78. The van der Waals surface area contributed by atoms with E-state index in [0.29, 0.717) is 17.4 Å². The minimum absolute atomic E-state index is 0.0286. The van der Waals surface area contributed by atoms with Crippen molar-refractivity contribution < 1.29 is 14.3 Å². The van der Waals surface area contributed by atoms with Gasteiger partial charge in [0.2, 0.25) is 0 Å². The van der Waals surface area contributed by atoms with Crippen LogP contribution in [0, 0.1) is 0 Å². The van der Waals surface area contributed by atoms with Crippen LogP contribution in [0.25, 0.3) is 0 Å². The summed E-state index contributed by atoms with van der Waals surface area (Å²) in [5, 5.41) is 0. The molecule has 0 atom stereocenters. The Bertz CT molecular complexity index is 481. The maximum atomic E-state index is 12.3. The number of hydrogen-bond acceptors (Lipinski definition) is 3. The molecule has 4 nitrogen and oxygen atoms in total. The Morgan fingerprint density at radius 1 is 1.33 bits per heavy atom. The van der Waals surface area contributed by atoms with E-state index in [1.54, 1.807) is 24.3 Å². The maximum absolute atomic E-state index is 12.3. The SMILES string of the molecule is CCN(C(=O)COc1cccc(C=O)c1)C1CCCCC1. The summed E-state index contributed by atoms with van der Waals surface area (Å²) >= 11 is 0. The molecule has 1 aromatic carbocycles. The third-order valence-corrected chi connectivity index (χ3v) is 4.03. The lowest BCUT2D eigenvalue weighted by Gasteiger charge is -2.33. The van der Waals surface area contributed by atoms with E-state index < -0.39 is 0 Å². The van der Waals surface area contributed by atoms with Crippen molar-refractivity contribution in [3.05, 3.63) is 29.8 Å². The van der Waals surface area contributed by atoms with Gasteiger partial charge in [0.05, 0.1) is 0 Å². The summed E-state index contributed by atoms with van der Waals surface area (Å²) in [6.07, 6.45) is 6.65. The molecule has 0 N–H and O–H groups in total. The zero-order valence-corrected chi connectivity index (χ0v) is 12.6. The van der Waals surface area contributed by atoms with Crippen LogP contribution in [-0.2, 0) is 4.79 Å². The molecule has 0 radical (unpaired) electrons. The molecule has 21 heavy (non-hydrogen) atoms. The first-order valence-electron chi connectivity index (χ1n) is 7.72. The van der Waals surface area contributed by atoms with E-state index in [2.05, 4.69) is 0 Å². The van der Waals surface area contributed by atoms with E-state index >= 15 is 0 Å². The normalized spacial score (nSPS) is 15.5. The van der Waals surface area contributed by atoms with Gasteiger partial charge < -0.3 is 9.64 Å². The third kappa shape index (κ3) is 4.31. The molecule has 1 aromatic rings. The van der Waals surface area contributed by atoms with Gasteiger partial charge in [-0.25, -0.2) is 0 Å². The van der Waals surface area contributed by atoms with E-state index in [9.17, 15) is 9.59 Å². The van der Waals surface area contributed by atoms with Crippen LogP contribution in [0.3, 0.4) is 0 Å². The van der Waals surface area contributed by atoms with Gasteiger partial charge >= 0.3 is 0 Å². The molecule has 0 saturated heterocycles. The molecule has 0 heterocycles. The third-order valence-electron chi connectivity index (χ3n) is 4.03. The van der Waals surface area contributed by atoms with Crippen LogP contribution in [0.15, 0.2) is 24.3 Å². The molecule has 0 aliphatic heterocycles. The Balaban J connectivity index is 1.91. The Morgan fingerprint density at radius 3 is 2.76 bits per heavy atom. The predicted octanol–water partition coefficient (Wildman–Crippen LogP) is 3.06. The number of aldehydes is 1. The van der Waals surface area contributed by atoms with Crippen molar-refractivity contribution >= 4 is 12.2 Å². The molecule has 1 saturated carbocycles. The average Bonchev–Trinajstić information content (AvgIpc) is 2.55. The first kappa shape index (κ1) is 15.5. The highest BCUT2D eigenvalue weighted by Crippen LogP contribution is 2.22. The summed E-state index contributed by atoms with van der Waals surface area (Å²) in [5.74, 6) is 0.591. The van der Waals surface area contributed by atoms with Crippen LogP contribution in [0.1, 0.15) is 49.4 Å². The molecule has 0 unspecified atom stereocenters. The summed E-state index contributed by atoms with van der Waals surface area (Å²) in [4.78, 5) is 25.0. The number of hydrogen-bond donors (Lipinski definition) is 0. The standard InChI is InChI=1S/C17H23NO3/c1-2-18(15-8-4-3-5-9-15)17(20)13-21-16-10-6-7-14(11-16)12-19/h6-7,10-12,15H,2-5,8-9,13H2,1H3. The molecule has 1 aliphatic carbocycles. The molecule has 0 spiro atoms. The number of carbonyl (C=O) groups is 2. The second kappa shape index (κ2) is 7.81. The zero-order chi connectivity index (χ0) is 15.1. The van der Waals surface area contributed by atoms with Crippen molar-refractivity contribution in [3.8, 4) is 5.75 Å². The van der Waals surface area contributed by atoms with Gasteiger partial charge in [0, 0.05) is 18.2 Å². The fourth-order valence-electron chi connectivity index (χ4n) is 2.94. The first-order valence-corrected chi connectivity index (χ1v) is 7.72. The molecule has 114 valence electrons. The quantitative estimate of drug-likeness (QED) is 0.756. The highest BCUT2D eigenvalue weighted by atomic mass is 16.5. The van der Waals surface area contributed by atoms with Gasteiger partial charge in [0.25, 0.3) is 5.91 Å². The van der Waals surface area contributed by atoms with E-state index in [-0.39, 0.29) is 12.5 Å². The van der Waals surface area contributed by atoms with E-state index in [0.717, 1.165) is 25.7 Å². The number of carbonyl (C=O) groups excluding carboxylic acids is 2. The number of amides is 1. The summed E-state index contributed by atoms with van der Waals surface area (Å²) in [7, 11) is 0. The van der Waals surface area contributed by atoms with Gasteiger partial charge in [0.15, 0.2) is 6.61 Å². The van der Waals surface area contributed by atoms with Crippen molar-refractivity contribution in [3.63, 3.8) is 0 Å². The van der Waals surface area contributed by atoms with Crippen molar-refractivity contribution in [1.82, 2.24) is 4.90 Å². The lowest BCUT2D eigenvalue weighted by Crippen LogP contribution is -2.43. The topological polar surface area (TPSA) is 46.6 Å². The van der Waals surface area contributed by atoms with Crippen LogP contribution >= 0.6 is 0 Å². The molecule has 1 aliphatic rings. The van der Waals surface area contributed by atoms with Crippen molar-refractivity contribution in [1.29, 1.82) is 0 Å². The van der Waals surface area contributed by atoms with Crippen molar-refractivity contribution in [2.45, 2.75) is 45.1 Å². The summed E-state index contributed by atoms with van der Waals surface area (Å²) < 4.78 is 5.53. The van der Waals surface area contributed by atoms with Gasteiger partial charge in [-0.15, -0.1) is 0 Å². The van der Waals surface area contributed by atoms with E-state index in [4.69, 9.17) is 4.74 Å². The molecule has 0 aromatic heterocycles. The Morgan fingerprint density at radius 2 is 2.10 bits per heavy atom. The lowest BCUT2D eigenvalue weighted by molar-refractivity contribution is -0.136. The minimum atomic E-state index is 0.0286. The second-order valence-electron chi connectivity index (χ2n) is 5.45. The number of ether oxygens (including phenoxy) is 1. The largest absolute Gasteiger partial charge is 0.484 e. The minimum Gasteiger partial charge on any atom is -0.484 e. The smallest absolute Gasteiger partial charge is 0.260 e. The van der Waals surface area contributed by atoms with Gasteiger partial charge in [-0.05, 0) is 31.9 Å². The van der Waals surface area contributed by atoms with Gasteiger partial charge in [-0.3, -0.25) is 9.59 Å². The average molecular weight is 289 g/mol. The summed E-state index contributed by atoms with van der Waals surface area (Å²) in [6, 6.07) is 7.24. The predicted molar refractivity (Wildman–Crippen MR) is 81.6 cm³/mol. The van der Waals surface area contributed by atoms with Crippen LogP contribution in [0.4, 0.5) is 0 Å². The first-order chi connectivity index (χ1) is 10.2. The molecule has 1 fully saturated rings. The van der Waals surface area contributed by atoms with E-state index in [1.807, 2.05) is 11.8 Å². The number of rotatable bonds is 6. The fourth-order valence-corrected chi connectivity index (χ4v) is 2.94. The van der Waals surface area contributed by atoms with E-state index in [1.165, 1.54) is 19.3 Å². The summed E-state index contributed by atoms with van der Waals surface area (Å²) in [6.45, 7) is 2.77. The summed E-state index contributed by atoms with van der Waals surface area (Å²) in [5.41, 5.74) is 0.555. The molecular weight excluding hydrogens is 266 g/mol. The molecule has 0 bridgehead atoms. The molecule has 2 rings (SSSR count). The second-order valence-corrected chi connectivity index (χ2v) is 5.45. The zero-order valence-electron chi connectivity index (χ0n) is 12.6. The van der Waals surface area contributed by atoms with Crippen LogP contribution < -0.4 is 4.74 Å². The molecular formula is C17H23NO3. The van der Waals surface area contributed by atoms with Gasteiger partial charge in [-0.1, -0.05) is 31.4 Å². The highest BCUT2D eigenvalue weighted by Gasteiger charge is 2.24. The van der Waals surface area contributed by atoms with Crippen molar-refractivity contribution in [2.75, 3.05) is 13.2 Å². The van der Waals surface area contributed by atoms with Gasteiger partial charge in [0.1, 0.15) is 12.0 Å². The molecule has 1 amide bonds. The Kier molecular flexibility index (Phi) is 5.78.